The van der Waals surface area contributed by atoms with Crippen LogP contribution in [0.3, 0.4) is 0 Å². The molecule has 4 fully saturated rings. The fourth-order valence-corrected chi connectivity index (χ4v) is 5.96. The molecule has 4 saturated carbocycles. The van der Waals surface area contributed by atoms with Crippen LogP contribution in [0.4, 0.5) is 8.78 Å². The molecular formula is C17H19ClF2. The third kappa shape index (κ3) is 1.99. The Balaban J connectivity index is 1.65. The first-order valence-electron chi connectivity index (χ1n) is 7.71. The number of hydrogen-bond donors (Lipinski definition) is 0. The second-order valence-corrected chi connectivity index (χ2v) is 7.55. The van der Waals surface area contributed by atoms with Crippen LogP contribution in [0.1, 0.15) is 43.0 Å². The van der Waals surface area contributed by atoms with Gasteiger partial charge in [0.25, 0.3) is 0 Å². The zero-order valence-corrected chi connectivity index (χ0v) is 12.1. The minimum atomic E-state index is -0.393. The lowest BCUT2D eigenvalue weighted by Gasteiger charge is -2.55. The Morgan fingerprint density at radius 1 is 0.950 bits per heavy atom. The molecule has 0 spiro atoms. The Hall–Kier alpha value is -0.630. The van der Waals surface area contributed by atoms with Gasteiger partial charge in [0, 0.05) is 5.56 Å². The lowest BCUT2D eigenvalue weighted by atomic mass is 9.51. The molecule has 5 rings (SSSR count). The molecule has 3 heteroatoms. The predicted octanol–water partition coefficient (Wildman–Crippen LogP) is 5.32. The van der Waals surface area contributed by atoms with Gasteiger partial charge in [-0.15, -0.1) is 11.6 Å². The molecule has 108 valence electrons. The van der Waals surface area contributed by atoms with Gasteiger partial charge in [0.1, 0.15) is 11.6 Å². The SMILES string of the molecule is Fc1ccc(F)c(C(Cl)C2C3CC4CC(C3)CC2C4)c1. The van der Waals surface area contributed by atoms with Crippen molar-refractivity contribution in [3.05, 3.63) is 35.4 Å². The van der Waals surface area contributed by atoms with Crippen LogP contribution in [0, 0.1) is 41.2 Å². The van der Waals surface area contributed by atoms with E-state index in [1.165, 1.54) is 50.3 Å². The third-order valence-electron chi connectivity index (χ3n) is 5.89. The van der Waals surface area contributed by atoms with E-state index < -0.39 is 5.82 Å². The minimum Gasteiger partial charge on any atom is -0.207 e. The Bertz CT molecular complexity index is 500. The van der Waals surface area contributed by atoms with E-state index in [4.69, 9.17) is 11.6 Å². The van der Waals surface area contributed by atoms with E-state index in [0.717, 1.165) is 11.8 Å². The van der Waals surface area contributed by atoms with E-state index >= 15 is 0 Å². The van der Waals surface area contributed by atoms with Gasteiger partial charge in [-0.25, -0.2) is 8.78 Å². The summed E-state index contributed by atoms with van der Waals surface area (Å²) in [6, 6.07) is 3.66. The summed E-state index contributed by atoms with van der Waals surface area (Å²) in [6.45, 7) is 0. The standard InChI is InChI=1S/C17H19ClF2/c18-17(14-8-13(19)1-2-15(14)20)16-11-4-9-3-10(6-11)7-12(16)5-9/h1-2,8-12,16-17H,3-7H2. The van der Waals surface area contributed by atoms with Crippen molar-refractivity contribution >= 4 is 11.6 Å². The summed E-state index contributed by atoms with van der Waals surface area (Å²) in [6.07, 6.45) is 6.38. The lowest BCUT2D eigenvalue weighted by Crippen LogP contribution is -2.46. The molecule has 1 unspecified atom stereocenters. The summed E-state index contributed by atoms with van der Waals surface area (Å²) in [5.41, 5.74) is 0.365. The van der Waals surface area contributed by atoms with Crippen molar-refractivity contribution < 1.29 is 8.78 Å². The molecule has 0 aliphatic heterocycles. The summed E-state index contributed by atoms with van der Waals surface area (Å²) in [5.74, 6) is 2.56. The Morgan fingerprint density at radius 2 is 1.55 bits per heavy atom. The average molecular weight is 297 g/mol. The Kier molecular flexibility index (Phi) is 3.06. The van der Waals surface area contributed by atoms with Gasteiger partial charge >= 0.3 is 0 Å². The van der Waals surface area contributed by atoms with Crippen LogP contribution >= 0.6 is 11.6 Å². The minimum absolute atomic E-state index is 0.334. The quantitative estimate of drug-likeness (QED) is 0.648. The maximum absolute atomic E-state index is 14.0. The first kappa shape index (κ1) is 13.1. The lowest BCUT2D eigenvalue weighted by molar-refractivity contribution is -0.0384. The van der Waals surface area contributed by atoms with Gasteiger partial charge in [-0.1, -0.05) is 0 Å². The molecule has 0 amide bonds. The molecule has 1 aromatic carbocycles. The van der Waals surface area contributed by atoms with E-state index in [2.05, 4.69) is 0 Å². The smallest absolute Gasteiger partial charge is 0.128 e. The summed E-state index contributed by atoms with van der Waals surface area (Å²) >= 11 is 6.62. The van der Waals surface area contributed by atoms with Crippen LogP contribution in [0.2, 0.25) is 0 Å². The molecule has 1 atom stereocenters. The highest BCUT2D eigenvalue weighted by Crippen LogP contribution is 2.60. The summed E-state index contributed by atoms with van der Waals surface area (Å²) in [7, 11) is 0. The summed E-state index contributed by atoms with van der Waals surface area (Å²) < 4.78 is 27.4. The number of alkyl halides is 1. The molecule has 20 heavy (non-hydrogen) atoms. The highest BCUT2D eigenvalue weighted by Gasteiger charge is 2.50. The topological polar surface area (TPSA) is 0 Å². The predicted molar refractivity (Wildman–Crippen MR) is 75.5 cm³/mol. The van der Waals surface area contributed by atoms with Crippen LogP contribution in [-0.4, -0.2) is 0 Å². The van der Waals surface area contributed by atoms with E-state index in [0.29, 0.717) is 23.3 Å². The molecule has 0 radical (unpaired) electrons. The molecule has 0 N–H and O–H groups in total. The highest BCUT2D eigenvalue weighted by molar-refractivity contribution is 6.21. The Labute approximate surface area is 123 Å². The zero-order valence-electron chi connectivity index (χ0n) is 11.4. The van der Waals surface area contributed by atoms with Gasteiger partial charge in [0.05, 0.1) is 5.38 Å². The molecule has 4 aliphatic carbocycles. The summed E-state index contributed by atoms with van der Waals surface area (Å²) in [5, 5.41) is -0.374. The average Bonchev–Trinajstić information content (AvgIpc) is 2.40. The van der Waals surface area contributed by atoms with Gasteiger partial charge < -0.3 is 0 Å². The number of halogens is 3. The highest BCUT2D eigenvalue weighted by atomic mass is 35.5. The number of benzene rings is 1. The van der Waals surface area contributed by atoms with Crippen molar-refractivity contribution in [1.29, 1.82) is 0 Å². The van der Waals surface area contributed by atoms with Gasteiger partial charge in [0.15, 0.2) is 0 Å². The molecule has 0 nitrogen and oxygen atoms in total. The van der Waals surface area contributed by atoms with E-state index in [9.17, 15) is 8.78 Å². The van der Waals surface area contributed by atoms with E-state index in [-0.39, 0.29) is 11.2 Å². The van der Waals surface area contributed by atoms with Crippen LogP contribution in [0.25, 0.3) is 0 Å². The van der Waals surface area contributed by atoms with Crippen molar-refractivity contribution in [3.63, 3.8) is 0 Å². The van der Waals surface area contributed by atoms with Crippen LogP contribution in [-0.2, 0) is 0 Å². The van der Waals surface area contributed by atoms with E-state index in [1.807, 2.05) is 0 Å². The number of rotatable bonds is 2. The van der Waals surface area contributed by atoms with Crippen LogP contribution in [0.5, 0.6) is 0 Å². The van der Waals surface area contributed by atoms with Gasteiger partial charge in [-0.05, 0) is 79.9 Å². The molecule has 0 heterocycles. The largest absolute Gasteiger partial charge is 0.207 e. The molecule has 4 aliphatic rings. The Morgan fingerprint density at radius 3 is 2.15 bits per heavy atom. The molecular weight excluding hydrogens is 278 g/mol. The fraction of sp³-hybridized carbons (Fsp3) is 0.647. The van der Waals surface area contributed by atoms with Crippen molar-refractivity contribution in [1.82, 2.24) is 0 Å². The van der Waals surface area contributed by atoms with Crippen LogP contribution in [0.15, 0.2) is 18.2 Å². The van der Waals surface area contributed by atoms with Gasteiger partial charge in [-0.3, -0.25) is 0 Å². The number of hydrogen-bond acceptors (Lipinski definition) is 0. The maximum Gasteiger partial charge on any atom is 0.128 e. The van der Waals surface area contributed by atoms with E-state index in [1.54, 1.807) is 0 Å². The van der Waals surface area contributed by atoms with Crippen molar-refractivity contribution in [2.45, 2.75) is 37.5 Å². The molecule has 4 bridgehead atoms. The monoisotopic (exact) mass is 296 g/mol. The van der Waals surface area contributed by atoms with Crippen molar-refractivity contribution in [3.8, 4) is 0 Å². The van der Waals surface area contributed by atoms with Gasteiger partial charge in [-0.2, -0.15) is 0 Å². The summed E-state index contributed by atoms with van der Waals surface area (Å²) in [4.78, 5) is 0. The second-order valence-electron chi connectivity index (χ2n) is 7.08. The molecule has 0 aromatic heterocycles. The molecule has 0 saturated heterocycles. The molecule has 1 aromatic rings. The first-order valence-corrected chi connectivity index (χ1v) is 8.14. The van der Waals surface area contributed by atoms with Gasteiger partial charge in [0.2, 0.25) is 0 Å². The van der Waals surface area contributed by atoms with Crippen LogP contribution < -0.4 is 0 Å². The zero-order chi connectivity index (χ0) is 13.9. The normalized spacial score (nSPS) is 40.0. The fourth-order valence-electron chi connectivity index (χ4n) is 5.38. The maximum atomic E-state index is 14.0. The second kappa shape index (κ2) is 4.69. The third-order valence-corrected chi connectivity index (χ3v) is 6.42. The first-order chi connectivity index (χ1) is 9.61. The van der Waals surface area contributed by atoms with Crippen molar-refractivity contribution in [2.24, 2.45) is 29.6 Å². The van der Waals surface area contributed by atoms with Crippen molar-refractivity contribution in [2.75, 3.05) is 0 Å².